The Labute approximate surface area is 130 Å². The van der Waals surface area contributed by atoms with Crippen molar-refractivity contribution in [1.82, 2.24) is 4.90 Å². The molecule has 114 valence electrons. The number of rotatable bonds is 4. The molecular weight excluding hydrogens is 290 g/mol. The van der Waals surface area contributed by atoms with Crippen LogP contribution in [0.25, 0.3) is 0 Å². The monoisotopic (exact) mass is 309 g/mol. The summed E-state index contributed by atoms with van der Waals surface area (Å²) < 4.78 is 5.49. The number of Topliss-reactive ketones (excluding diaryl/α,β-unsaturated/α-hetero) is 1. The molecule has 0 radical (unpaired) electrons. The van der Waals surface area contributed by atoms with E-state index < -0.39 is 0 Å². The molecule has 1 amide bonds. The Balaban J connectivity index is 1.93. The molecule has 1 aromatic carbocycles. The summed E-state index contributed by atoms with van der Waals surface area (Å²) in [5.74, 6) is 0.899. The molecule has 0 aromatic heterocycles. The second-order valence-electron chi connectivity index (χ2n) is 5.58. The lowest BCUT2D eigenvalue weighted by atomic mass is 10.0. The number of benzene rings is 1. The summed E-state index contributed by atoms with van der Waals surface area (Å²) in [6, 6.07) is 4.84. The van der Waals surface area contributed by atoms with Crippen LogP contribution in [-0.2, 0) is 4.79 Å². The van der Waals surface area contributed by atoms with Crippen molar-refractivity contribution < 1.29 is 14.3 Å². The Morgan fingerprint density at radius 3 is 2.81 bits per heavy atom. The van der Waals surface area contributed by atoms with Crippen molar-refractivity contribution >= 4 is 23.3 Å². The Hall–Kier alpha value is -1.55. The first-order valence-electron chi connectivity index (χ1n) is 7.18. The first-order valence-corrected chi connectivity index (χ1v) is 7.56. The lowest BCUT2D eigenvalue weighted by Gasteiger charge is -2.30. The molecule has 5 heteroatoms. The number of carbonyl (C=O) groups excluding carboxylic acids is 2. The van der Waals surface area contributed by atoms with Crippen molar-refractivity contribution in [2.24, 2.45) is 5.92 Å². The van der Waals surface area contributed by atoms with Crippen molar-refractivity contribution in [3.05, 3.63) is 28.8 Å². The molecule has 0 aliphatic carbocycles. The first kappa shape index (κ1) is 15.8. The first-order chi connectivity index (χ1) is 9.97. The second-order valence-corrected chi connectivity index (χ2v) is 5.98. The topological polar surface area (TPSA) is 46.6 Å². The number of ether oxygens (including phenoxy) is 1. The smallest absolute Gasteiger partial charge is 0.260 e. The molecule has 0 bridgehead atoms. The lowest BCUT2D eigenvalue weighted by molar-refractivity contribution is -0.135. The number of amides is 1. The molecular formula is C16H20ClNO3. The van der Waals surface area contributed by atoms with Gasteiger partial charge in [0.15, 0.2) is 12.4 Å². The number of likely N-dealkylation sites (tertiary alicyclic amines) is 1. The molecule has 0 spiro atoms. The summed E-state index contributed by atoms with van der Waals surface area (Å²) in [5.41, 5.74) is 0.531. The van der Waals surface area contributed by atoms with Gasteiger partial charge in [-0.15, -0.1) is 0 Å². The van der Waals surface area contributed by atoms with Crippen LogP contribution in [0.2, 0.25) is 5.02 Å². The van der Waals surface area contributed by atoms with E-state index in [0.717, 1.165) is 19.5 Å². The highest BCUT2D eigenvalue weighted by Gasteiger charge is 2.21. The van der Waals surface area contributed by atoms with Gasteiger partial charge in [-0.05, 0) is 43.9 Å². The number of ketones is 1. The van der Waals surface area contributed by atoms with Gasteiger partial charge in [0, 0.05) is 18.7 Å². The van der Waals surface area contributed by atoms with E-state index in [9.17, 15) is 9.59 Å². The summed E-state index contributed by atoms with van der Waals surface area (Å²) in [7, 11) is 0. The van der Waals surface area contributed by atoms with E-state index in [0.29, 0.717) is 22.3 Å². The molecule has 0 saturated carbocycles. The highest BCUT2D eigenvalue weighted by Crippen LogP contribution is 2.26. The summed E-state index contributed by atoms with van der Waals surface area (Å²) in [6.45, 7) is 5.19. The van der Waals surface area contributed by atoms with Crippen LogP contribution < -0.4 is 4.74 Å². The van der Waals surface area contributed by atoms with E-state index in [1.165, 1.54) is 13.3 Å². The van der Waals surface area contributed by atoms with Gasteiger partial charge in [-0.1, -0.05) is 18.5 Å². The van der Waals surface area contributed by atoms with Gasteiger partial charge in [0.05, 0.1) is 5.02 Å². The van der Waals surface area contributed by atoms with Crippen LogP contribution in [0.5, 0.6) is 5.75 Å². The molecule has 1 aliphatic heterocycles. The summed E-state index contributed by atoms with van der Waals surface area (Å²) >= 11 is 6.06. The predicted octanol–water partition coefficient (Wildman–Crippen LogP) is 3.18. The third-order valence-electron chi connectivity index (χ3n) is 3.70. The highest BCUT2D eigenvalue weighted by molar-refractivity contribution is 6.32. The molecule has 1 saturated heterocycles. The fourth-order valence-corrected chi connectivity index (χ4v) is 2.72. The maximum Gasteiger partial charge on any atom is 0.260 e. The van der Waals surface area contributed by atoms with Gasteiger partial charge in [-0.3, -0.25) is 9.59 Å². The summed E-state index contributed by atoms with van der Waals surface area (Å²) in [6.07, 6.45) is 2.21. The van der Waals surface area contributed by atoms with Crippen LogP contribution in [0, 0.1) is 5.92 Å². The molecule has 1 aromatic rings. The Morgan fingerprint density at radius 2 is 2.19 bits per heavy atom. The third kappa shape index (κ3) is 4.21. The number of halogens is 1. The van der Waals surface area contributed by atoms with E-state index in [2.05, 4.69) is 6.92 Å². The second kappa shape index (κ2) is 6.94. The standard InChI is InChI=1S/C16H20ClNO3/c1-11-4-3-7-18(9-11)16(20)10-21-15-6-5-13(12(2)19)8-14(15)17/h5-6,8,11H,3-4,7,9-10H2,1-2H3/t11-/m0/s1. The van der Waals surface area contributed by atoms with Crippen molar-refractivity contribution in [3.63, 3.8) is 0 Å². The quantitative estimate of drug-likeness (QED) is 0.803. The van der Waals surface area contributed by atoms with Crippen molar-refractivity contribution in [2.45, 2.75) is 26.7 Å². The molecule has 0 unspecified atom stereocenters. The number of nitrogens with zero attached hydrogens (tertiary/aromatic N) is 1. The van der Waals surface area contributed by atoms with Crippen LogP contribution in [0.4, 0.5) is 0 Å². The van der Waals surface area contributed by atoms with Crippen molar-refractivity contribution in [2.75, 3.05) is 19.7 Å². The van der Waals surface area contributed by atoms with Crippen LogP contribution in [0.3, 0.4) is 0 Å². The third-order valence-corrected chi connectivity index (χ3v) is 3.99. The molecule has 1 fully saturated rings. The van der Waals surface area contributed by atoms with Gasteiger partial charge >= 0.3 is 0 Å². The zero-order valence-electron chi connectivity index (χ0n) is 12.4. The fraction of sp³-hybridized carbons (Fsp3) is 0.500. The summed E-state index contributed by atoms with van der Waals surface area (Å²) in [5, 5.41) is 0.350. The Bertz CT molecular complexity index is 544. The van der Waals surface area contributed by atoms with Gasteiger partial charge in [0.25, 0.3) is 5.91 Å². The van der Waals surface area contributed by atoms with Crippen LogP contribution in [-0.4, -0.2) is 36.3 Å². The predicted molar refractivity (Wildman–Crippen MR) is 81.9 cm³/mol. The molecule has 1 aliphatic rings. The van der Waals surface area contributed by atoms with Gasteiger partial charge < -0.3 is 9.64 Å². The van der Waals surface area contributed by atoms with Crippen molar-refractivity contribution in [3.8, 4) is 5.75 Å². The van der Waals surface area contributed by atoms with Gasteiger partial charge in [-0.2, -0.15) is 0 Å². The van der Waals surface area contributed by atoms with Crippen molar-refractivity contribution in [1.29, 1.82) is 0 Å². The Kier molecular flexibility index (Phi) is 5.23. The molecule has 2 rings (SSSR count). The van der Waals surface area contributed by atoms with Gasteiger partial charge in [0.2, 0.25) is 0 Å². The number of hydrogen-bond acceptors (Lipinski definition) is 3. The average molecular weight is 310 g/mol. The maximum atomic E-state index is 12.1. The van der Waals surface area contributed by atoms with E-state index in [4.69, 9.17) is 16.3 Å². The molecule has 0 N–H and O–H groups in total. The highest BCUT2D eigenvalue weighted by atomic mass is 35.5. The molecule has 4 nitrogen and oxygen atoms in total. The zero-order chi connectivity index (χ0) is 15.4. The van der Waals surface area contributed by atoms with Gasteiger partial charge in [0.1, 0.15) is 5.75 Å². The van der Waals surface area contributed by atoms with Gasteiger partial charge in [-0.25, -0.2) is 0 Å². The molecule has 1 heterocycles. The molecule has 1 atom stereocenters. The SMILES string of the molecule is CC(=O)c1ccc(OCC(=O)N2CCC[C@H](C)C2)c(Cl)c1. The average Bonchev–Trinajstić information content (AvgIpc) is 2.45. The minimum Gasteiger partial charge on any atom is -0.482 e. The van der Waals surface area contributed by atoms with Crippen LogP contribution in [0.1, 0.15) is 37.0 Å². The number of hydrogen-bond donors (Lipinski definition) is 0. The van der Waals surface area contributed by atoms with Crippen LogP contribution >= 0.6 is 11.6 Å². The van der Waals surface area contributed by atoms with E-state index in [1.807, 2.05) is 4.90 Å². The largest absolute Gasteiger partial charge is 0.482 e. The number of carbonyl (C=O) groups is 2. The fourth-order valence-electron chi connectivity index (χ4n) is 2.48. The van der Waals surface area contributed by atoms with Crippen LogP contribution in [0.15, 0.2) is 18.2 Å². The molecule has 21 heavy (non-hydrogen) atoms. The summed E-state index contributed by atoms with van der Waals surface area (Å²) in [4.78, 5) is 25.2. The van der Waals surface area contributed by atoms with E-state index in [-0.39, 0.29) is 18.3 Å². The zero-order valence-corrected chi connectivity index (χ0v) is 13.2. The maximum absolute atomic E-state index is 12.1. The Morgan fingerprint density at radius 1 is 1.43 bits per heavy atom. The van der Waals surface area contributed by atoms with E-state index >= 15 is 0 Å². The minimum atomic E-state index is -0.0539. The minimum absolute atomic E-state index is 0.0201. The number of piperidine rings is 1. The lowest BCUT2D eigenvalue weighted by Crippen LogP contribution is -2.41. The normalized spacial score (nSPS) is 18.4. The van der Waals surface area contributed by atoms with E-state index in [1.54, 1.807) is 18.2 Å².